The van der Waals surface area contributed by atoms with Gasteiger partial charge in [0.1, 0.15) is 11.4 Å². The van der Waals surface area contributed by atoms with E-state index in [0.717, 1.165) is 36.4 Å². The van der Waals surface area contributed by atoms with Crippen molar-refractivity contribution in [3.05, 3.63) is 60.2 Å². The number of hydrogen-bond donors (Lipinski definition) is 1. The highest BCUT2D eigenvalue weighted by Crippen LogP contribution is 2.35. The molecule has 0 saturated heterocycles. The second-order valence-electron chi connectivity index (χ2n) is 7.07. The van der Waals surface area contributed by atoms with Crippen molar-refractivity contribution in [3.8, 4) is 5.75 Å². The molecule has 0 aliphatic carbocycles. The number of amidine groups is 1. The van der Waals surface area contributed by atoms with Crippen molar-refractivity contribution in [3.63, 3.8) is 0 Å². The summed E-state index contributed by atoms with van der Waals surface area (Å²) >= 11 is 0. The second kappa shape index (κ2) is 8.44. The van der Waals surface area contributed by atoms with Crippen molar-refractivity contribution < 1.29 is 31.4 Å². The first-order chi connectivity index (χ1) is 12.7. The zero-order chi connectivity index (χ0) is 18.0. The molecular formula is C22H27BrN2O2. The molecule has 27 heavy (non-hydrogen) atoms. The third-order valence-corrected chi connectivity index (χ3v) is 5.43. The average Bonchev–Trinajstić information content (AvgIpc) is 2.83. The van der Waals surface area contributed by atoms with Crippen LogP contribution in [0.15, 0.2) is 54.6 Å². The minimum absolute atomic E-state index is 0. The smallest absolute Gasteiger partial charge is 0.271 e. The molecule has 144 valence electrons. The predicted molar refractivity (Wildman–Crippen MR) is 104 cm³/mol. The number of ether oxygens (including phenoxy) is 1. The summed E-state index contributed by atoms with van der Waals surface area (Å²) in [6, 6.07) is 18.3. The van der Waals surface area contributed by atoms with E-state index < -0.39 is 5.72 Å². The summed E-state index contributed by atoms with van der Waals surface area (Å²) in [5.41, 5.74) is 1.11. The van der Waals surface area contributed by atoms with Crippen LogP contribution in [0.4, 0.5) is 5.69 Å². The van der Waals surface area contributed by atoms with Gasteiger partial charge >= 0.3 is 0 Å². The number of anilines is 1. The lowest BCUT2D eigenvalue weighted by atomic mass is 10.0. The Morgan fingerprint density at radius 1 is 1.04 bits per heavy atom. The zero-order valence-electron chi connectivity index (χ0n) is 15.8. The zero-order valence-corrected chi connectivity index (χ0v) is 17.4. The van der Waals surface area contributed by atoms with Gasteiger partial charge in [0.05, 0.1) is 13.2 Å². The minimum Gasteiger partial charge on any atom is -1.00 e. The van der Waals surface area contributed by atoms with E-state index in [0.29, 0.717) is 13.2 Å². The van der Waals surface area contributed by atoms with Gasteiger partial charge < -0.3 is 26.8 Å². The number of aliphatic hydroxyl groups is 1. The van der Waals surface area contributed by atoms with Crippen molar-refractivity contribution in [1.29, 1.82) is 0 Å². The maximum absolute atomic E-state index is 11.7. The SMILES string of the molecule is CCOc1ccc(N2CC(O)(c3ccccc3)[N+]3=C2CCCCC3)cc1.[Br-]. The van der Waals surface area contributed by atoms with Crippen LogP contribution in [0.5, 0.6) is 5.75 Å². The van der Waals surface area contributed by atoms with Crippen molar-refractivity contribution in [2.24, 2.45) is 0 Å². The van der Waals surface area contributed by atoms with Gasteiger partial charge in [-0.15, -0.1) is 0 Å². The van der Waals surface area contributed by atoms with Gasteiger partial charge in [-0.1, -0.05) is 30.3 Å². The Morgan fingerprint density at radius 2 is 1.78 bits per heavy atom. The van der Waals surface area contributed by atoms with E-state index in [1.807, 2.05) is 49.4 Å². The summed E-state index contributed by atoms with van der Waals surface area (Å²) in [5.74, 6) is 2.12. The molecule has 0 fully saturated rings. The Kier molecular flexibility index (Phi) is 6.22. The molecule has 1 unspecified atom stereocenters. The van der Waals surface area contributed by atoms with Crippen LogP contribution in [0.25, 0.3) is 0 Å². The molecule has 5 heteroatoms. The van der Waals surface area contributed by atoms with E-state index in [9.17, 15) is 5.11 Å². The maximum Gasteiger partial charge on any atom is 0.271 e. The molecule has 4 nitrogen and oxygen atoms in total. The number of hydrogen-bond acceptors (Lipinski definition) is 3. The largest absolute Gasteiger partial charge is 1.00 e. The van der Waals surface area contributed by atoms with E-state index in [2.05, 4.69) is 21.6 Å². The molecule has 0 spiro atoms. The van der Waals surface area contributed by atoms with Crippen LogP contribution in [-0.4, -0.2) is 35.2 Å². The first-order valence-corrected chi connectivity index (χ1v) is 9.64. The fourth-order valence-corrected chi connectivity index (χ4v) is 4.15. The van der Waals surface area contributed by atoms with Gasteiger partial charge in [-0.05, 0) is 50.5 Å². The normalized spacial score (nSPS) is 22.1. The van der Waals surface area contributed by atoms with Crippen LogP contribution in [0.2, 0.25) is 0 Å². The summed E-state index contributed by atoms with van der Waals surface area (Å²) in [4.78, 5) is 2.29. The van der Waals surface area contributed by atoms with Gasteiger partial charge in [0.2, 0.25) is 0 Å². The quantitative estimate of drug-likeness (QED) is 0.726. The molecule has 1 N–H and O–H groups in total. The number of rotatable bonds is 4. The van der Waals surface area contributed by atoms with E-state index >= 15 is 0 Å². The van der Waals surface area contributed by atoms with Gasteiger partial charge in [0.25, 0.3) is 11.6 Å². The molecule has 0 radical (unpaired) electrons. The van der Waals surface area contributed by atoms with Gasteiger partial charge in [0.15, 0.2) is 6.54 Å². The van der Waals surface area contributed by atoms with Crippen LogP contribution in [0, 0.1) is 0 Å². The lowest BCUT2D eigenvalue weighted by Gasteiger charge is -2.23. The molecule has 2 aliphatic rings. The molecule has 0 saturated carbocycles. The highest BCUT2D eigenvalue weighted by atomic mass is 79.9. The van der Waals surface area contributed by atoms with Crippen LogP contribution in [0.3, 0.4) is 0 Å². The van der Waals surface area contributed by atoms with Gasteiger partial charge in [-0.3, -0.25) is 0 Å². The lowest BCUT2D eigenvalue weighted by Crippen LogP contribution is -3.00. The molecule has 0 bridgehead atoms. The molecule has 0 aromatic heterocycles. The standard InChI is InChI=1S/C22H27N2O2.BrH/c1-2-26-20-14-12-19(13-15-20)23-17-22(25,18-9-5-3-6-10-18)24-16-8-4-7-11-21(23)24;/h3,5-6,9-10,12-15,25H,2,4,7-8,11,16-17H2,1H3;1H/q+1;/p-1. The number of benzene rings is 2. The van der Waals surface area contributed by atoms with Crippen molar-refractivity contribution in [2.45, 2.75) is 38.3 Å². The Bertz CT molecular complexity index is 792. The molecule has 2 heterocycles. The highest BCUT2D eigenvalue weighted by Gasteiger charge is 2.51. The third-order valence-electron chi connectivity index (χ3n) is 5.43. The Hall–Kier alpha value is -1.85. The Balaban J connectivity index is 0.00000210. The fourth-order valence-electron chi connectivity index (χ4n) is 4.15. The molecule has 0 amide bonds. The predicted octanol–water partition coefficient (Wildman–Crippen LogP) is 0.740. The van der Waals surface area contributed by atoms with Crippen molar-refractivity contribution >= 4 is 11.5 Å². The van der Waals surface area contributed by atoms with Crippen molar-refractivity contribution in [2.75, 3.05) is 24.6 Å². The summed E-state index contributed by atoms with van der Waals surface area (Å²) < 4.78 is 7.80. The second-order valence-corrected chi connectivity index (χ2v) is 7.07. The minimum atomic E-state index is -0.973. The van der Waals surface area contributed by atoms with Gasteiger partial charge in [0, 0.05) is 12.0 Å². The van der Waals surface area contributed by atoms with E-state index in [1.165, 1.54) is 18.7 Å². The first-order valence-electron chi connectivity index (χ1n) is 9.64. The van der Waals surface area contributed by atoms with Crippen LogP contribution >= 0.6 is 0 Å². The molecule has 1 atom stereocenters. The first kappa shape index (κ1) is 19.9. The molecular weight excluding hydrogens is 404 g/mol. The lowest BCUT2D eigenvalue weighted by molar-refractivity contribution is -0.658. The Labute approximate surface area is 171 Å². The number of nitrogens with zero attached hydrogens (tertiary/aromatic N) is 2. The number of halogens is 1. The summed E-state index contributed by atoms with van der Waals surface area (Å²) in [6.07, 6.45) is 4.50. The van der Waals surface area contributed by atoms with Crippen LogP contribution in [0.1, 0.15) is 38.2 Å². The monoisotopic (exact) mass is 430 g/mol. The van der Waals surface area contributed by atoms with E-state index in [4.69, 9.17) is 4.74 Å². The van der Waals surface area contributed by atoms with Crippen molar-refractivity contribution in [1.82, 2.24) is 0 Å². The van der Waals surface area contributed by atoms with Gasteiger partial charge in [-0.25, -0.2) is 9.48 Å². The van der Waals surface area contributed by atoms with E-state index in [-0.39, 0.29) is 17.0 Å². The molecule has 2 aliphatic heterocycles. The van der Waals surface area contributed by atoms with Gasteiger partial charge in [-0.2, -0.15) is 0 Å². The fraction of sp³-hybridized carbons (Fsp3) is 0.409. The average molecular weight is 431 g/mol. The third kappa shape index (κ3) is 3.76. The van der Waals surface area contributed by atoms with E-state index in [1.54, 1.807) is 0 Å². The summed E-state index contributed by atoms with van der Waals surface area (Å²) in [7, 11) is 0. The maximum atomic E-state index is 11.7. The molecule has 2 aromatic carbocycles. The Morgan fingerprint density at radius 3 is 2.48 bits per heavy atom. The summed E-state index contributed by atoms with van der Waals surface area (Å²) in [5, 5.41) is 11.7. The highest BCUT2D eigenvalue weighted by molar-refractivity contribution is 5.96. The molecule has 2 aromatic rings. The van der Waals surface area contributed by atoms with Crippen LogP contribution in [-0.2, 0) is 5.72 Å². The summed E-state index contributed by atoms with van der Waals surface area (Å²) in [6.45, 7) is 4.12. The topological polar surface area (TPSA) is 35.7 Å². The molecule has 4 rings (SSSR count). The number of β-amino-alcohol motifs (C(OH)–C–C–N with tert-alkyl or cyclic N) is 1. The van der Waals surface area contributed by atoms with Crippen LogP contribution < -0.4 is 26.6 Å².